The van der Waals surface area contributed by atoms with E-state index in [2.05, 4.69) is 15.7 Å². The molecule has 1 saturated carbocycles. The Morgan fingerprint density at radius 2 is 1.81 bits per heavy atom. The van der Waals surface area contributed by atoms with E-state index in [9.17, 15) is 9.59 Å². The van der Waals surface area contributed by atoms with E-state index in [1.165, 1.54) is 6.42 Å². The van der Waals surface area contributed by atoms with Gasteiger partial charge in [0.15, 0.2) is 5.69 Å². The van der Waals surface area contributed by atoms with Crippen LogP contribution in [-0.4, -0.2) is 34.7 Å². The molecular weight excluding hydrogens is 328 g/mol. The first-order chi connectivity index (χ1) is 12.6. The lowest BCUT2D eigenvalue weighted by Crippen LogP contribution is -2.37. The summed E-state index contributed by atoms with van der Waals surface area (Å²) in [6.07, 6.45) is 5.55. The minimum absolute atomic E-state index is 0.151. The molecular formula is C20H26N4O2. The van der Waals surface area contributed by atoms with Crippen molar-refractivity contribution in [2.75, 3.05) is 7.05 Å². The molecule has 0 aliphatic heterocycles. The number of aromatic nitrogens is 2. The van der Waals surface area contributed by atoms with Gasteiger partial charge < -0.3 is 10.6 Å². The average molecular weight is 354 g/mol. The number of hydrogen-bond donors (Lipinski definition) is 2. The molecule has 1 aromatic carbocycles. The number of carbonyl (C=O) groups is 2. The Morgan fingerprint density at radius 1 is 1.12 bits per heavy atom. The maximum Gasteiger partial charge on any atom is 0.271 e. The van der Waals surface area contributed by atoms with Gasteiger partial charge in [0.05, 0.1) is 6.04 Å². The topological polar surface area (TPSA) is 76.0 Å². The highest BCUT2D eigenvalue weighted by molar-refractivity contribution is 5.98. The van der Waals surface area contributed by atoms with Gasteiger partial charge >= 0.3 is 0 Å². The van der Waals surface area contributed by atoms with Gasteiger partial charge in [-0.2, -0.15) is 5.10 Å². The number of benzene rings is 1. The van der Waals surface area contributed by atoms with Gasteiger partial charge in [-0.1, -0.05) is 49.6 Å². The normalized spacial score (nSPS) is 16.1. The van der Waals surface area contributed by atoms with Crippen molar-refractivity contribution in [3.63, 3.8) is 0 Å². The van der Waals surface area contributed by atoms with E-state index >= 15 is 0 Å². The van der Waals surface area contributed by atoms with Crippen LogP contribution in [0.1, 0.15) is 71.6 Å². The first kappa shape index (κ1) is 18.2. The standard InChI is InChI=1S/C20H26N4O2/c1-14(15-9-5-3-6-10-15)24-18(13-17(23-24)19(25)21-2)20(26)22-16-11-7-4-8-12-16/h3,5-6,9-10,13-14,16H,4,7-8,11-12H2,1-2H3,(H,21,25)(H,22,26)/t14-/m0/s1. The number of nitrogens with one attached hydrogen (secondary N) is 2. The molecule has 1 aliphatic rings. The predicted molar refractivity (Wildman–Crippen MR) is 100 cm³/mol. The van der Waals surface area contributed by atoms with E-state index in [1.54, 1.807) is 17.8 Å². The van der Waals surface area contributed by atoms with Gasteiger partial charge in [0.25, 0.3) is 11.8 Å². The van der Waals surface area contributed by atoms with Crippen LogP contribution in [0.3, 0.4) is 0 Å². The Labute approximate surface area is 154 Å². The predicted octanol–water partition coefficient (Wildman–Crippen LogP) is 2.91. The number of amides is 2. The molecule has 1 aliphatic carbocycles. The lowest BCUT2D eigenvalue weighted by atomic mass is 9.95. The maximum absolute atomic E-state index is 12.9. The largest absolute Gasteiger partial charge is 0.354 e. The van der Waals surface area contributed by atoms with Gasteiger partial charge in [-0.15, -0.1) is 0 Å². The van der Waals surface area contributed by atoms with Crippen LogP contribution in [0.25, 0.3) is 0 Å². The molecule has 138 valence electrons. The van der Waals surface area contributed by atoms with Gasteiger partial charge in [0.2, 0.25) is 0 Å². The molecule has 1 atom stereocenters. The van der Waals surface area contributed by atoms with E-state index in [1.807, 2.05) is 37.3 Å². The second-order valence-corrected chi connectivity index (χ2v) is 6.83. The van der Waals surface area contributed by atoms with Gasteiger partial charge in [-0.05, 0) is 25.3 Å². The number of hydrogen-bond acceptors (Lipinski definition) is 3. The van der Waals surface area contributed by atoms with Crippen LogP contribution in [0, 0.1) is 0 Å². The van der Waals surface area contributed by atoms with Crippen LogP contribution in [0.4, 0.5) is 0 Å². The van der Waals surface area contributed by atoms with Crippen molar-refractivity contribution in [2.24, 2.45) is 0 Å². The first-order valence-electron chi connectivity index (χ1n) is 9.27. The van der Waals surface area contributed by atoms with Crippen molar-refractivity contribution in [3.05, 3.63) is 53.3 Å². The Kier molecular flexibility index (Phi) is 5.71. The first-order valence-corrected chi connectivity index (χ1v) is 9.27. The minimum Gasteiger partial charge on any atom is -0.354 e. The summed E-state index contributed by atoms with van der Waals surface area (Å²) in [6.45, 7) is 1.98. The summed E-state index contributed by atoms with van der Waals surface area (Å²) in [5.41, 5.74) is 1.71. The van der Waals surface area contributed by atoms with E-state index in [0.29, 0.717) is 5.69 Å². The molecule has 2 aromatic rings. The molecule has 2 N–H and O–H groups in total. The molecule has 0 unspecified atom stereocenters. The van der Waals surface area contributed by atoms with Crippen molar-refractivity contribution >= 4 is 11.8 Å². The van der Waals surface area contributed by atoms with Crippen LogP contribution in [0.2, 0.25) is 0 Å². The molecule has 1 aromatic heterocycles. The van der Waals surface area contributed by atoms with E-state index in [4.69, 9.17) is 0 Å². The molecule has 0 spiro atoms. The van der Waals surface area contributed by atoms with Crippen molar-refractivity contribution in [1.82, 2.24) is 20.4 Å². The number of carbonyl (C=O) groups excluding carboxylic acids is 2. The zero-order chi connectivity index (χ0) is 18.5. The van der Waals surface area contributed by atoms with E-state index < -0.39 is 0 Å². The zero-order valence-electron chi connectivity index (χ0n) is 15.4. The molecule has 6 heteroatoms. The lowest BCUT2D eigenvalue weighted by molar-refractivity contribution is 0.0914. The van der Waals surface area contributed by atoms with Crippen molar-refractivity contribution in [2.45, 2.75) is 51.1 Å². The van der Waals surface area contributed by atoms with Crippen LogP contribution >= 0.6 is 0 Å². The van der Waals surface area contributed by atoms with Gasteiger partial charge in [0, 0.05) is 19.2 Å². The van der Waals surface area contributed by atoms with Gasteiger partial charge in [0.1, 0.15) is 5.69 Å². The van der Waals surface area contributed by atoms with Crippen LogP contribution in [-0.2, 0) is 0 Å². The Bertz CT molecular complexity index is 763. The second kappa shape index (κ2) is 8.17. The Hall–Kier alpha value is -2.63. The van der Waals surface area contributed by atoms with Crippen molar-refractivity contribution in [1.29, 1.82) is 0 Å². The van der Waals surface area contributed by atoms with Crippen molar-refractivity contribution < 1.29 is 9.59 Å². The average Bonchev–Trinajstić information content (AvgIpc) is 3.14. The Balaban J connectivity index is 1.90. The van der Waals surface area contributed by atoms with Crippen LogP contribution in [0.15, 0.2) is 36.4 Å². The summed E-state index contributed by atoms with van der Waals surface area (Å²) >= 11 is 0. The van der Waals surface area contributed by atoms with Crippen LogP contribution < -0.4 is 10.6 Å². The maximum atomic E-state index is 12.9. The molecule has 1 fully saturated rings. The molecule has 26 heavy (non-hydrogen) atoms. The monoisotopic (exact) mass is 354 g/mol. The summed E-state index contributed by atoms with van der Waals surface area (Å²) in [5.74, 6) is -0.460. The number of rotatable bonds is 5. The summed E-state index contributed by atoms with van der Waals surface area (Å²) in [4.78, 5) is 24.9. The quantitative estimate of drug-likeness (QED) is 0.867. The molecule has 0 bridgehead atoms. The van der Waals surface area contributed by atoms with Crippen LogP contribution in [0.5, 0.6) is 0 Å². The molecule has 0 radical (unpaired) electrons. The lowest BCUT2D eigenvalue weighted by Gasteiger charge is -2.23. The minimum atomic E-state index is -0.296. The van der Waals surface area contributed by atoms with Gasteiger partial charge in [-0.25, -0.2) is 0 Å². The Morgan fingerprint density at radius 3 is 2.46 bits per heavy atom. The third-order valence-electron chi connectivity index (χ3n) is 5.02. The van der Waals surface area contributed by atoms with E-state index in [-0.39, 0.29) is 29.6 Å². The highest BCUT2D eigenvalue weighted by Gasteiger charge is 2.24. The zero-order valence-corrected chi connectivity index (χ0v) is 15.4. The molecule has 3 rings (SSSR count). The van der Waals surface area contributed by atoms with Gasteiger partial charge in [-0.3, -0.25) is 14.3 Å². The summed E-state index contributed by atoms with van der Waals surface area (Å²) in [7, 11) is 1.56. The second-order valence-electron chi connectivity index (χ2n) is 6.83. The molecule has 0 saturated heterocycles. The highest BCUT2D eigenvalue weighted by Crippen LogP contribution is 2.22. The molecule has 1 heterocycles. The summed E-state index contributed by atoms with van der Waals surface area (Å²) in [6, 6.07) is 11.5. The molecule has 6 nitrogen and oxygen atoms in total. The smallest absolute Gasteiger partial charge is 0.271 e. The number of nitrogens with zero attached hydrogens (tertiary/aromatic N) is 2. The molecule has 2 amide bonds. The third-order valence-corrected chi connectivity index (χ3v) is 5.02. The van der Waals surface area contributed by atoms with Crippen molar-refractivity contribution in [3.8, 4) is 0 Å². The summed E-state index contributed by atoms with van der Waals surface area (Å²) < 4.78 is 1.65. The third kappa shape index (κ3) is 3.95. The highest BCUT2D eigenvalue weighted by atomic mass is 16.2. The fraction of sp³-hybridized carbons (Fsp3) is 0.450. The fourth-order valence-corrected chi connectivity index (χ4v) is 3.48. The SMILES string of the molecule is CNC(=O)c1cc(C(=O)NC2CCCCC2)n([C@@H](C)c2ccccc2)n1. The fourth-order valence-electron chi connectivity index (χ4n) is 3.48. The van der Waals surface area contributed by atoms with E-state index in [0.717, 1.165) is 31.2 Å². The summed E-state index contributed by atoms with van der Waals surface area (Å²) in [5, 5.41) is 10.1.